The minimum atomic E-state index is -0.119. The number of amides is 3. The van der Waals surface area contributed by atoms with Gasteiger partial charge in [0.05, 0.1) is 0 Å². The molecule has 3 heterocycles. The fourth-order valence-corrected chi connectivity index (χ4v) is 3.47. The normalized spacial score (nSPS) is 19.7. The number of ether oxygens (including phenoxy) is 1. The minimum absolute atomic E-state index is 0.0428. The minimum Gasteiger partial charge on any atom is -0.381 e. The number of rotatable bonds is 3. The van der Waals surface area contributed by atoms with Gasteiger partial charge in [0.1, 0.15) is 6.54 Å². The molecule has 2 saturated heterocycles. The summed E-state index contributed by atoms with van der Waals surface area (Å²) in [5.41, 5.74) is 0.364. The van der Waals surface area contributed by atoms with Crippen molar-refractivity contribution >= 4 is 17.8 Å². The third-order valence-corrected chi connectivity index (χ3v) is 5.34. The number of nitrogens with one attached hydrogen (secondary N) is 1. The molecule has 2 aliphatic heterocycles. The van der Waals surface area contributed by atoms with Crippen molar-refractivity contribution < 1.29 is 14.3 Å². The highest BCUT2D eigenvalue weighted by molar-refractivity contribution is 5.88. The fraction of sp³-hybridized carbons (Fsp3) is 0.706. The standard InChI is InChI=1S/C17H27N5O3/c1-20(2)15(23)13-22-8-3-14(19-22)18-16(24)21-9-4-17(5-10-21)6-11-25-12-7-17/h3,8H,4-7,9-13H2,1-2H3,(H,18,19,24). The summed E-state index contributed by atoms with van der Waals surface area (Å²) in [7, 11) is 3.41. The Labute approximate surface area is 148 Å². The van der Waals surface area contributed by atoms with Crippen LogP contribution in [0, 0.1) is 5.41 Å². The molecule has 1 aromatic heterocycles. The van der Waals surface area contributed by atoms with Crippen molar-refractivity contribution in [2.75, 3.05) is 45.7 Å². The maximum absolute atomic E-state index is 12.4. The molecule has 0 unspecified atom stereocenters. The molecule has 3 rings (SSSR count). The molecule has 2 aliphatic rings. The van der Waals surface area contributed by atoms with Crippen LogP contribution in [0.4, 0.5) is 10.6 Å². The molecule has 1 aromatic rings. The molecule has 2 fully saturated rings. The number of likely N-dealkylation sites (N-methyl/N-ethyl adjacent to an activating group) is 1. The fourth-order valence-electron chi connectivity index (χ4n) is 3.47. The number of anilines is 1. The molecular weight excluding hydrogens is 322 g/mol. The summed E-state index contributed by atoms with van der Waals surface area (Å²) in [4.78, 5) is 27.5. The second kappa shape index (κ2) is 7.43. The molecule has 25 heavy (non-hydrogen) atoms. The third-order valence-electron chi connectivity index (χ3n) is 5.34. The summed E-state index contributed by atoms with van der Waals surface area (Å²) in [5, 5.41) is 7.08. The monoisotopic (exact) mass is 349 g/mol. The Morgan fingerprint density at radius 2 is 1.92 bits per heavy atom. The van der Waals surface area contributed by atoms with E-state index in [1.165, 1.54) is 9.58 Å². The lowest BCUT2D eigenvalue weighted by Crippen LogP contribution is -2.46. The van der Waals surface area contributed by atoms with Gasteiger partial charge in [-0.25, -0.2) is 4.79 Å². The van der Waals surface area contributed by atoms with Crippen LogP contribution >= 0.6 is 0 Å². The predicted octanol–water partition coefficient (Wildman–Crippen LogP) is 1.40. The molecular formula is C17H27N5O3. The van der Waals surface area contributed by atoms with Gasteiger partial charge in [-0.1, -0.05) is 0 Å². The number of urea groups is 1. The Hall–Kier alpha value is -2.09. The number of aromatic nitrogens is 2. The molecule has 0 bridgehead atoms. The smallest absolute Gasteiger partial charge is 0.323 e. The van der Waals surface area contributed by atoms with E-state index in [4.69, 9.17) is 4.74 Å². The summed E-state index contributed by atoms with van der Waals surface area (Å²) in [6.07, 6.45) is 5.98. The highest BCUT2D eigenvalue weighted by Gasteiger charge is 2.37. The van der Waals surface area contributed by atoms with E-state index in [9.17, 15) is 9.59 Å². The van der Waals surface area contributed by atoms with Crippen molar-refractivity contribution in [3.8, 4) is 0 Å². The van der Waals surface area contributed by atoms with Gasteiger partial charge in [-0.3, -0.25) is 14.8 Å². The number of piperidine rings is 1. The van der Waals surface area contributed by atoms with Crippen LogP contribution in [0.15, 0.2) is 12.3 Å². The van der Waals surface area contributed by atoms with Gasteiger partial charge >= 0.3 is 6.03 Å². The Balaban J connectivity index is 1.50. The van der Waals surface area contributed by atoms with Crippen molar-refractivity contribution in [2.45, 2.75) is 32.2 Å². The highest BCUT2D eigenvalue weighted by Crippen LogP contribution is 2.40. The highest BCUT2D eigenvalue weighted by atomic mass is 16.5. The van der Waals surface area contributed by atoms with Crippen molar-refractivity contribution in [1.82, 2.24) is 19.6 Å². The van der Waals surface area contributed by atoms with Gasteiger partial charge in [-0.05, 0) is 31.1 Å². The lowest BCUT2D eigenvalue weighted by molar-refractivity contribution is -0.129. The lowest BCUT2D eigenvalue weighted by atomic mass is 9.72. The Morgan fingerprint density at radius 3 is 2.56 bits per heavy atom. The number of hydrogen-bond donors (Lipinski definition) is 1. The first-order chi connectivity index (χ1) is 12.0. The number of likely N-dealkylation sites (tertiary alicyclic amines) is 1. The third kappa shape index (κ3) is 4.31. The molecule has 138 valence electrons. The van der Waals surface area contributed by atoms with Gasteiger partial charge in [0.15, 0.2) is 5.82 Å². The summed E-state index contributed by atoms with van der Waals surface area (Å²) < 4.78 is 7.00. The summed E-state index contributed by atoms with van der Waals surface area (Å²) in [6, 6.07) is 1.59. The summed E-state index contributed by atoms with van der Waals surface area (Å²) in [6.45, 7) is 3.39. The quantitative estimate of drug-likeness (QED) is 0.894. The van der Waals surface area contributed by atoms with Gasteiger partial charge in [-0.2, -0.15) is 5.10 Å². The molecule has 0 atom stereocenters. The zero-order valence-corrected chi connectivity index (χ0v) is 15.0. The first kappa shape index (κ1) is 17.7. The van der Waals surface area contributed by atoms with Crippen molar-refractivity contribution in [2.24, 2.45) is 5.41 Å². The Morgan fingerprint density at radius 1 is 1.24 bits per heavy atom. The van der Waals surface area contributed by atoms with Crippen LogP contribution in [0.25, 0.3) is 0 Å². The molecule has 1 spiro atoms. The largest absolute Gasteiger partial charge is 0.381 e. The van der Waals surface area contributed by atoms with Gasteiger partial charge < -0.3 is 14.5 Å². The molecule has 0 radical (unpaired) electrons. The first-order valence-electron chi connectivity index (χ1n) is 8.85. The zero-order valence-electron chi connectivity index (χ0n) is 15.0. The van der Waals surface area contributed by atoms with E-state index in [1.807, 2.05) is 4.90 Å². The summed E-state index contributed by atoms with van der Waals surface area (Å²) in [5.74, 6) is 0.432. The second-order valence-corrected chi connectivity index (χ2v) is 7.22. The van der Waals surface area contributed by atoms with Crippen molar-refractivity contribution in [3.05, 3.63) is 12.3 Å². The summed E-state index contributed by atoms with van der Waals surface area (Å²) >= 11 is 0. The van der Waals surface area contributed by atoms with Crippen LogP contribution in [0.5, 0.6) is 0 Å². The average molecular weight is 349 g/mol. The zero-order chi connectivity index (χ0) is 17.9. The van der Waals surface area contributed by atoms with Crippen LogP contribution in [0.1, 0.15) is 25.7 Å². The van der Waals surface area contributed by atoms with Gasteiger partial charge in [0.2, 0.25) is 5.91 Å². The molecule has 0 saturated carbocycles. The number of carbonyl (C=O) groups excluding carboxylic acids is 2. The molecule has 8 heteroatoms. The van der Waals surface area contributed by atoms with E-state index in [0.29, 0.717) is 11.2 Å². The van der Waals surface area contributed by atoms with Crippen molar-refractivity contribution in [1.29, 1.82) is 0 Å². The number of hydrogen-bond acceptors (Lipinski definition) is 4. The predicted molar refractivity (Wildman–Crippen MR) is 93.2 cm³/mol. The average Bonchev–Trinajstić information content (AvgIpc) is 3.03. The van der Waals surface area contributed by atoms with Gasteiger partial charge in [0, 0.05) is 52.7 Å². The molecule has 3 amide bonds. The lowest BCUT2D eigenvalue weighted by Gasteiger charge is -2.43. The van der Waals surface area contributed by atoms with E-state index in [1.54, 1.807) is 26.4 Å². The number of carbonyl (C=O) groups is 2. The van der Waals surface area contributed by atoms with Crippen LogP contribution in [0.2, 0.25) is 0 Å². The second-order valence-electron chi connectivity index (χ2n) is 7.22. The molecule has 1 N–H and O–H groups in total. The Kier molecular flexibility index (Phi) is 5.27. The maximum Gasteiger partial charge on any atom is 0.323 e. The van der Waals surface area contributed by atoms with Crippen molar-refractivity contribution in [3.63, 3.8) is 0 Å². The van der Waals surface area contributed by atoms with E-state index in [0.717, 1.165) is 52.0 Å². The molecule has 0 aliphatic carbocycles. The van der Waals surface area contributed by atoms with Crippen LogP contribution in [-0.4, -0.2) is 71.9 Å². The van der Waals surface area contributed by atoms with Crippen LogP contribution < -0.4 is 5.32 Å². The SMILES string of the molecule is CN(C)C(=O)Cn1ccc(NC(=O)N2CCC3(CCOCC3)CC2)n1. The Bertz CT molecular complexity index is 612. The maximum atomic E-state index is 12.4. The first-order valence-corrected chi connectivity index (χ1v) is 8.85. The van der Waals surface area contributed by atoms with Gasteiger partial charge in [-0.15, -0.1) is 0 Å². The molecule has 0 aromatic carbocycles. The molecule has 8 nitrogen and oxygen atoms in total. The van der Waals surface area contributed by atoms with Crippen LogP contribution in [-0.2, 0) is 16.1 Å². The van der Waals surface area contributed by atoms with Gasteiger partial charge in [0.25, 0.3) is 0 Å². The van der Waals surface area contributed by atoms with E-state index in [2.05, 4.69) is 10.4 Å². The van der Waals surface area contributed by atoms with E-state index in [-0.39, 0.29) is 18.5 Å². The van der Waals surface area contributed by atoms with E-state index >= 15 is 0 Å². The van der Waals surface area contributed by atoms with E-state index < -0.39 is 0 Å². The topological polar surface area (TPSA) is 79.7 Å². The van der Waals surface area contributed by atoms with Crippen LogP contribution in [0.3, 0.4) is 0 Å². The number of nitrogens with zero attached hydrogens (tertiary/aromatic N) is 4.